The van der Waals surface area contributed by atoms with Crippen LogP contribution >= 0.6 is 12.4 Å². The van der Waals surface area contributed by atoms with Crippen molar-refractivity contribution in [2.24, 2.45) is 23.5 Å². The zero-order chi connectivity index (χ0) is 62.6. The van der Waals surface area contributed by atoms with Gasteiger partial charge >= 0.3 is 0 Å². The normalized spacial score (nSPS) is 11.8. The lowest BCUT2D eigenvalue weighted by atomic mass is 10.0. The van der Waals surface area contributed by atoms with Crippen LogP contribution in [0.2, 0.25) is 0 Å². The standard InChI is InChI=1S/C31H31F3N2O4.C26H23F3N2O5.C4H9N.CH3F.ClH/c1-5-19(3)12-27(37)28-30(40-18-21-10-8-7-9-11-21)29(38)24(17-36(28)16-20(4)6-2)31(39)35-15-23-25(33)13-22(32)14-26(23)34;1-3-16(2)12-31-13-20(25(34)30-11-19-21(28)9-18(27)10-22(19)29)23(33)24(26(31)36-15-32)35-14-17-7-5-4-6-8-17;1-3-4(2)5;1-2;/h5-11,13-14,17,19-20H,1-2,12,15-16,18H2,3-4H3,(H,35,39);3-10,13,15-16H,1,11-12,14H2,2H3,(H,30,34);3-4H,1,5H2,2H3;1H3;1H/t19-,20?;;4-;;/m0.0../s1/i;;;1D;. The summed E-state index contributed by atoms with van der Waals surface area (Å²) in [5.74, 6) is -10.7. The van der Waals surface area contributed by atoms with Crippen LogP contribution in [0.25, 0.3) is 0 Å². The number of hydrogen-bond donors (Lipinski definition) is 3. The Morgan fingerprint density at radius 1 is 0.631 bits per heavy atom. The number of aromatic nitrogens is 2. The minimum absolute atomic E-state index is 0. The quantitative estimate of drug-likeness (QED) is 0.0215. The summed E-state index contributed by atoms with van der Waals surface area (Å²) in [5.41, 5.74) is 2.88. The summed E-state index contributed by atoms with van der Waals surface area (Å²) >= 11 is 0. The van der Waals surface area contributed by atoms with E-state index in [1.165, 1.54) is 15.3 Å². The molecule has 22 heteroatoms. The van der Waals surface area contributed by atoms with Gasteiger partial charge in [0.1, 0.15) is 64.9 Å². The first-order chi connectivity index (χ1) is 40.0. The maximum absolute atomic E-state index is 14.1. The number of pyridine rings is 2. The van der Waals surface area contributed by atoms with E-state index < -0.39 is 106 Å². The van der Waals surface area contributed by atoms with Crippen molar-refractivity contribution in [2.45, 2.75) is 79.6 Å². The van der Waals surface area contributed by atoms with Crippen LogP contribution in [0, 0.1) is 52.7 Å². The van der Waals surface area contributed by atoms with Gasteiger partial charge in [-0.25, -0.2) is 26.3 Å². The first kappa shape index (κ1) is 69.4. The molecule has 6 aromatic rings. The van der Waals surface area contributed by atoms with Gasteiger partial charge in [0, 0.05) is 86.4 Å². The Bertz CT molecular complexity index is 3320. The van der Waals surface area contributed by atoms with Crippen molar-refractivity contribution in [3.8, 4) is 17.4 Å². The number of nitrogens with one attached hydrogen (secondary N) is 2. The molecule has 4 aromatic carbocycles. The lowest BCUT2D eigenvalue weighted by molar-refractivity contribution is -0.121. The van der Waals surface area contributed by atoms with Gasteiger partial charge in [-0.2, -0.15) is 0 Å². The highest BCUT2D eigenvalue weighted by atomic mass is 35.5. The van der Waals surface area contributed by atoms with Gasteiger partial charge in [0.2, 0.25) is 22.5 Å². The fourth-order valence-corrected chi connectivity index (χ4v) is 7.29. The Balaban J connectivity index is 0.000000511. The van der Waals surface area contributed by atoms with Gasteiger partial charge in [-0.3, -0.25) is 33.2 Å². The average molecular weight is 1200 g/mol. The fourth-order valence-electron chi connectivity index (χ4n) is 7.29. The van der Waals surface area contributed by atoms with Crippen molar-refractivity contribution in [1.82, 2.24) is 19.8 Å². The molecule has 0 aliphatic heterocycles. The molecule has 2 heterocycles. The van der Waals surface area contributed by atoms with Crippen molar-refractivity contribution in [3.05, 3.63) is 242 Å². The molecule has 0 spiro atoms. The summed E-state index contributed by atoms with van der Waals surface area (Å²) in [5, 5.41) is 4.58. The molecule has 84 heavy (non-hydrogen) atoms. The van der Waals surface area contributed by atoms with Crippen LogP contribution in [0.4, 0.5) is 30.7 Å². The van der Waals surface area contributed by atoms with Gasteiger partial charge < -0.3 is 39.7 Å². The molecule has 0 saturated carbocycles. The molecule has 0 fully saturated rings. The van der Waals surface area contributed by atoms with Crippen LogP contribution in [0.3, 0.4) is 0 Å². The Hall–Kier alpha value is -8.82. The lowest BCUT2D eigenvalue weighted by Gasteiger charge is -2.21. The van der Waals surface area contributed by atoms with Crippen molar-refractivity contribution in [3.63, 3.8) is 0 Å². The van der Waals surface area contributed by atoms with E-state index in [0.717, 1.165) is 11.8 Å². The number of nitrogens with zero attached hydrogens (tertiary/aromatic N) is 2. The monoisotopic (exact) mass is 1190 g/mol. The molecule has 4 N–H and O–H groups in total. The maximum Gasteiger partial charge on any atom is 0.299 e. The molecule has 450 valence electrons. The van der Waals surface area contributed by atoms with Crippen molar-refractivity contribution in [1.29, 1.82) is 0 Å². The predicted octanol–water partition coefficient (Wildman–Crippen LogP) is 11.7. The van der Waals surface area contributed by atoms with E-state index in [1.807, 2.05) is 19.9 Å². The second-order valence-corrected chi connectivity index (χ2v) is 18.5. The van der Waals surface area contributed by atoms with Crippen LogP contribution in [0.15, 0.2) is 158 Å². The number of ether oxygens (including phenoxy) is 3. The highest BCUT2D eigenvalue weighted by Crippen LogP contribution is 2.28. The molecule has 0 aliphatic rings. The highest BCUT2D eigenvalue weighted by molar-refractivity contribution is 6.00. The molecule has 0 aliphatic carbocycles. The minimum atomic E-state index is -1.19. The van der Waals surface area contributed by atoms with Crippen molar-refractivity contribution in [2.75, 3.05) is 7.15 Å². The third-order valence-corrected chi connectivity index (χ3v) is 11.9. The first-order valence-corrected chi connectivity index (χ1v) is 25.4. The molecule has 6 rings (SSSR count). The van der Waals surface area contributed by atoms with Gasteiger partial charge in [0.25, 0.3) is 18.3 Å². The molecule has 0 radical (unpaired) electrons. The predicted molar refractivity (Wildman–Crippen MR) is 310 cm³/mol. The number of benzene rings is 4. The molecule has 14 nitrogen and oxygen atoms in total. The highest BCUT2D eigenvalue weighted by Gasteiger charge is 2.28. The third kappa shape index (κ3) is 21.2. The van der Waals surface area contributed by atoms with Gasteiger partial charge in [-0.05, 0) is 35.8 Å². The zero-order valence-electron chi connectivity index (χ0n) is 47.6. The number of nitrogens with two attached hydrogens (primary N) is 1. The van der Waals surface area contributed by atoms with E-state index in [4.69, 9.17) is 21.3 Å². The van der Waals surface area contributed by atoms with E-state index >= 15 is 0 Å². The number of rotatable bonds is 25. The number of hydrogen-bond acceptors (Lipinski definition) is 10. The summed E-state index contributed by atoms with van der Waals surface area (Å²) in [4.78, 5) is 77.5. The van der Waals surface area contributed by atoms with Crippen LogP contribution < -0.4 is 41.4 Å². The number of carbonyl (C=O) groups is 4. The van der Waals surface area contributed by atoms with Crippen molar-refractivity contribution >= 4 is 36.5 Å². The Labute approximate surface area is 490 Å². The zero-order valence-corrected chi connectivity index (χ0v) is 47.4. The number of halogens is 8. The smallest absolute Gasteiger partial charge is 0.299 e. The Morgan fingerprint density at radius 3 is 1.38 bits per heavy atom. The molecule has 0 bridgehead atoms. The number of amides is 2. The molecule has 2 unspecified atom stereocenters. The van der Waals surface area contributed by atoms with Crippen LogP contribution in [0.5, 0.6) is 17.4 Å². The van der Waals surface area contributed by atoms with E-state index in [1.54, 1.807) is 92.7 Å². The van der Waals surface area contributed by atoms with E-state index in [2.05, 4.69) is 36.9 Å². The molecule has 2 aromatic heterocycles. The molecular weight excluding hydrogens is 1130 g/mol. The average Bonchev–Trinajstić information content (AvgIpc) is 3.35. The lowest BCUT2D eigenvalue weighted by Crippen LogP contribution is -2.33. The molecular formula is C62H67ClF7N5O9. The van der Waals surface area contributed by atoms with E-state index in [0.29, 0.717) is 29.8 Å². The van der Waals surface area contributed by atoms with Gasteiger partial charge in [-0.15, -0.1) is 38.7 Å². The second kappa shape index (κ2) is 35.9. The maximum atomic E-state index is 14.1. The molecule has 0 saturated heterocycles. The number of alkyl halides is 1. The third-order valence-electron chi connectivity index (χ3n) is 11.9. The number of allylic oxidation sites excluding steroid dienone is 3. The SMILES string of the molecule is C=CC(C)Cn1cc(C(=O)NCc2c(F)cc(F)cc2F)c(=O)c(OCc2ccccc2)c1C(=O)C[C@@H](C)C=C.C=CC(C)Cn1cc(C(=O)NCc2c(F)cc(F)cc2F)c(=O)c(OCc2ccccc2)c1OC=O.C=C[C@H](C)N.Cl.[2H]CF. The number of carbonyl (C=O) groups excluding carboxylic acids is 4. The Morgan fingerprint density at radius 2 is 1.00 bits per heavy atom. The summed E-state index contributed by atoms with van der Waals surface area (Å²) < 4.78 is 118. The van der Waals surface area contributed by atoms with E-state index in [9.17, 15) is 59.5 Å². The fraction of sp³-hybridized carbons (Fsp3) is 0.258. The minimum Gasteiger partial charge on any atom is -0.483 e. The van der Waals surface area contributed by atoms with Gasteiger partial charge in [0.15, 0.2) is 11.5 Å². The topological polar surface area (TPSA) is 190 Å². The Kier molecular flexibility index (Phi) is 29.7. The number of Topliss-reactive ketones (excluding diaryl/α,β-unsaturated/α-hetero) is 1. The molecule has 2 amide bonds. The van der Waals surface area contributed by atoms with Crippen molar-refractivity contribution < 1.29 is 65.5 Å². The largest absolute Gasteiger partial charge is 0.483 e. The summed E-state index contributed by atoms with van der Waals surface area (Å²) in [7, 11) is -1.00. The number of ketones is 1. The second-order valence-electron chi connectivity index (χ2n) is 18.5. The van der Waals surface area contributed by atoms with E-state index in [-0.39, 0.29) is 98.5 Å². The van der Waals surface area contributed by atoms with Crippen LogP contribution in [-0.2, 0) is 44.2 Å². The summed E-state index contributed by atoms with van der Waals surface area (Å²) in [6.07, 6.45) is 9.02. The molecule has 4 atom stereocenters. The van der Waals surface area contributed by atoms with Gasteiger partial charge in [0.05, 0.1) is 8.52 Å². The van der Waals surface area contributed by atoms with Gasteiger partial charge in [-0.1, -0.05) is 106 Å². The summed E-state index contributed by atoms with van der Waals surface area (Å²) in [6.45, 7) is 21.0. The van der Waals surface area contributed by atoms with Crippen LogP contribution in [0.1, 0.15) is 88.9 Å². The summed E-state index contributed by atoms with van der Waals surface area (Å²) in [6, 6.07) is 19.9. The van der Waals surface area contributed by atoms with Crippen LogP contribution in [-0.4, -0.2) is 46.4 Å². The first-order valence-electron chi connectivity index (χ1n) is 26.2.